The van der Waals surface area contributed by atoms with Crippen LogP contribution in [0.5, 0.6) is 0 Å². The number of rotatable bonds is 9. The van der Waals surface area contributed by atoms with Crippen LogP contribution in [0.3, 0.4) is 0 Å². The second-order valence-electron chi connectivity index (χ2n) is 7.79. The number of carbonyl (C=O) groups is 1. The summed E-state index contributed by atoms with van der Waals surface area (Å²) in [5, 5.41) is 6.78. The van der Waals surface area contributed by atoms with E-state index < -0.39 is 5.54 Å². The Bertz CT molecular complexity index is 939. The van der Waals surface area contributed by atoms with Crippen molar-refractivity contribution in [1.29, 1.82) is 0 Å². The highest BCUT2D eigenvalue weighted by Crippen LogP contribution is 2.35. The lowest BCUT2D eigenvalue weighted by molar-refractivity contribution is -0.123. The molecule has 4 nitrogen and oxygen atoms in total. The number of hydrogen-bond acceptors (Lipinski definition) is 4. The van der Waals surface area contributed by atoms with E-state index in [0.717, 1.165) is 29.2 Å². The summed E-state index contributed by atoms with van der Waals surface area (Å²) >= 11 is 0. The summed E-state index contributed by atoms with van der Waals surface area (Å²) in [6, 6.07) is 10.3. The van der Waals surface area contributed by atoms with E-state index in [0.29, 0.717) is 13.0 Å². The fraction of sp³-hybridized carbons (Fsp3) is 0.414. The molecule has 0 spiro atoms. The number of allylic oxidation sites excluding steroid dienone is 3. The summed E-state index contributed by atoms with van der Waals surface area (Å²) in [7, 11) is 0. The fourth-order valence-corrected chi connectivity index (χ4v) is 3.75. The first-order chi connectivity index (χ1) is 15.9. The van der Waals surface area contributed by atoms with Gasteiger partial charge in [0.2, 0.25) is 0 Å². The lowest BCUT2D eigenvalue weighted by Crippen LogP contribution is -2.50. The van der Waals surface area contributed by atoms with Gasteiger partial charge >= 0.3 is 0 Å². The zero-order chi connectivity index (χ0) is 24.9. The van der Waals surface area contributed by atoms with Gasteiger partial charge in [-0.2, -0.15) is 0 Å². The molecule has 1 aliphatic rings. The Kier molecular flexibility index (Phi) is 12.2. The third kappa shape index (κ3) is 7.90. The second kappa shape index (κ2) is 14.3. The van der Waals surface area contributed by atoms with Crippen LogP contribution in [0.15, 0.2) is 65.8 Å². The molecular formula is C29H42N2O2. The molecule has 180 valence electrons. The van der Waals surface area contributed by atoms with E-state index in [2.05, 4.69) is 35.4 Å². The van der Waals surface area contributed by atoms with Crippen LogP contribution in [0.25, 0.3) is 6.08 Å². The van der Waals surface area contributed by atoms with E-state index in [1.54, 1.807) is 13.0 Å². The first kappa shape index (κ1) is 28.2. The third-order valence-electron chi connectivity index (χ3n) is 5.64. The van der Waals surface area contributed by atoms with Gasteiger partial charge in [-0.15, -0.1) is 0 Å². The minimum Gasteiger partial charge on any atom is -0.466 e. The predicted molar refractivity (Wildman–Crippen MR) is 143 cm³/mol. The van der Waals surface area contributed by atoms with Crippen molar-refractivity contribution in [2.45, 2.75) is 72.8 Å². The monoisotopic (exact) mass is 450 g/mol. The number of carbonyl (C=O) groups excluding carboxylic acids is 1. The van der Waals surface area contributed by atoms with Crippen LogP contribution in [0, 0.1) is 6.92 Å². The van der Waals surface area contributed by atoms with Crippen LogP contribution >= 0.6 is 0 Å². The van der Waals surface area contributed by atoms with Crippen molar-refractivity contribution in [3.05, 3.63) is 84.0 Å². The average Bonchev–Trinajstić information content (AvgIpc) is 3.19. The molecule has 2 aromatic rings. The normalized spacial score (nSPS) is 15.8. The highest BCUT2D eigenvalue weighted by Gasteiger charge is 2.33. The van der Waals surface area contributed by atoms with Gasteiger partial charge < -0.3 is 15.1 Å². The van der Waals surface area contributed by atoms with Crippen LogP contribution in [-0.2, 0) is 11.2 Å². The van der Waals surface area contributed by atoms with Gasteiger partial charge in [0.15, 0.2) is 0 Å². The van der Waals surface area contributed by atoms with E-state index >= 15 is 0 Å². The molecule has 2 atom stereocenters. The molecule has 0 saturated heterocycles. The van der Waals surface area contributed by atoms with Crippen molar-refractivity contribution < 1.29 is 9.21 Å². The topological polar surface area (TPSA) is 54.3 Å². The number of furan rings is 1. The summed E-state index contributed by atoms with van der Waals surface area (Å²) in [6.45, 7) is 18.0. The molecule has 0 aliphatic carbocycles. The van der Waals surface area contributed by atoms with Crippen molar-refractivity contribution >= 4 is 17.5 Å². The molecule has 0 fully saturated rings. The summed E-state index contributed by atoms with van der Waals surface area (Å²) in [4.78, 5) is 12.5. The fourth-order valence-electron chi connectivity index (χ4n) is 3.75. The van der Waals surface area contributed by atoms with Crippen molar-refractivity contribution in [3.63, 3.8) is 0 Å². The van der Waals surface area contributed by atoms with Crippen LogP contribution in [0.2, 0.25) is 0 Å². The molecule has 3 rings (SSSR count). The molecule has 2 unspecified atom stereocenters. The molecule has 1 aromatic heterocycles. The minimum absolute atomic E-state index is 0.146. The average molecular weight is 451 g/mol. The standard InChI is InChI=1S/C25H30N2O2.2C2H6/c1-5-6-9-20-16-22(29-18(20)2)13-15-27-25(4,19(3)28)17-21-12-14-26-24-11-8-7-10-23(21)24;2*1-2/h5-12,14,16,21,26-27H,1,13,15,17H2,2-4H3;2*1-2H3/b9-6-;;. The molecule has 4 heteroatoms. The maximum atomic E-state index is 12.5. The van der Waals surface area contributed by atoms with Crippen molar-refractivity contribution in [1.82, 2.24) is 5.32 Å². The van der Waals surface area contributed by atoms with Crippen LogP contribution in [0.4, 0.5) is 5.69 Å². The number of hydrogen-bond donors (Lipinski definition) is 2. The SMILES string of the molecule is C=C/C=C\c1cc(CCNC(C)(CC2C=CNc3ccccc32)C(C)=O)oc1C.CC.CC. The lowest BCUT2D eigenvalue weighted by atomic mass is 9.81. The Hall–Kier alpha value is -2.85. The maximum absolute atomic E-state index is 12.5. The molecule has 0 saturated carbocycles. The zero-order valence-corrected chi connectivity index (χ0v) is 21.5. The number of Topliss-reactive ketones (excluding diaryl/α,β-unsaturated/α-hetero) is 1. The van der Waals surface area contributed by atoms with Crippen molar-refractivity contribution in [3.8, 4) is 0 Å². The van der Waals surface area contributed by atoms with Gasteiger partial charge in [-0.3, -0.25) is 4.79 Å². The van der Waals surface area contributed by atoms with E-state index in [4.69, 9.17) is 4.42 Å². The molecule has 0 bridgehead atoms. The highest BCUT2D eigenvalue weighted by atomic mass is 16.3. The van der Waals surface area contributed by atoms with Gasteiger partial charge in [0.1, 0.15) is 17.3 Å². The number of fused-ring (bicyclic) bond motifs is 1. The van der Waals surface area contributed by atoms with Gasteiger partial charge in [-0.1, -0.05) is 76.8 Å². The number of aryl methyl sites for hydroxylation is 1. The Balaban J connectivity index is 0.00000129. The first-order valence-corrected chi connectivity index (χ1v) is 12.1. The molecular weight excluding hydrogens is 408 g/mol. The Morgan fingerprint density at radius 2 is 1.94 bits per heavy atom. The van der Waals surface area contributed by atoms with E-state index in [9.17, 15) is 4.79 Å². The summed E-state index contributed by atoms with van der Waals surface area (Å²) in [5.74, 6) is 2.14. The summed E-state index contributed by atoms with van der Waals surface area (Å²) < 4.78 is 5.85. The number of benzene rings is 1. The Morgan fingerprint density at radius 3 is 2.61 bits per heavy atom. The summed E-state index contributed by atoms with van der Waals surface area (Å²) in [6.07, 6.45) is 11.2. The van der Waals surface area contributed by atoms with Crippen molar-refractivity contribution in [2.24, 2.45) is 0 Å². The van der Waals surface area contributed by atoms with Gasteiger partial charge in [-0.25, -0.2) is 0 Å². The quantitative estimate of drug-likeness (QED) is 0.390. The highest BCUT2D eigenvalue weighted by molar-refractivity contribution is 5.86. The smallest absolute Gasteiger partial charge is 0.149 e. The van der Waals surface area contributed by atoms with E-state index in [1.165, 1.54) is 5.56 Å². The molecule has 0 amide bonds. The number of para-hydroxylation sites is 1. The second-order valence-corrected chi connectivity index (χ2v) is 7.79. The molecule has 2 heterocycles. The molecule has 1 aliphatic heterocycles. The third-order valence-corrected chi connectivity index (χ3v) is 5.64. The van der Waals surface area contributed by atoms with Gasteiger partial charge in [0.25, 0.3) is 0 Å². The molecule has 33 heavy (non-hydrogen) atoms. The lowest BCUT2D eigenvalue weighted by Gasteiger charge is -2.33. The Morgan fingerprint density at radius 1 is 1.24 bits per heavy atom. The van der Waals surface area contributed by atoms with Crippen molar-refractivity contribution in [2.75, 3.05) is 11.9 Å². The van der Waals surface area contributed by atoms with Crippen LogP contribution in [0.1, 0.15) is 76.5 Å². The molecule has 1 aromatic carbocycles. The molecule has 2 N–H and O–H groups in total. The number of anilines is 1. The van der Waals surface area contributed by atoms with E-state index in [1.807, 2.05) is 78.1 Å². The zero-order valence-electron chi connectivity index (χ0n) is 21.5. The Labute approximate surface area is 200 Å². The van der Waals surface area contributed by atoms with Crippen LogP contribution in [-0.4, -0.2) is 17.9 Å². The summed E-state index contributed by atoms with van der Waals surface area (Å²) in [5.41, 5.74) is 2.79. The van der Waals surface area contributed by atoms with Gasteiger partial charge in [-0.05, 0) is 51.1 Å². The predicted octanol–water partition coefficient (Wildman–Crippen LogP) is 7.43. The van der Waals surface area contributed by atoms with Gasteiger partial charge in [0, 0.05) is 30.1 Å². The number of nitrogens with one attached hydrogen (secondary N) is 2. The number of ketones is 1. The minimum atomic E-state index is -0.604. The maximum Gasteiger partial charge on any atom is 0.149 e. The van der Waals surface area contributed by atoms with Crippen LogP contribution < -0.4 is 10.6 Å². The largest absolute Gasteiger partial charge is 0.466 e. The van der Waals surface area contributed by atoms with E-state index in [-0.39, 0.29) is 11.7 Å². The molecule has 0 radical (unpaired) electrons. The first-order valence-electron chi connectivity index (χ1n) is 12.1. The van der Waals surface area contributed by atoms with Gasteiger partial charge in [0.05, 0.1) is 5.54 Å².